The van der Waals surface area contributed by atoms with E-state index in [0.717, 1.165) is 17.8 Å². The van der Waals surface area contributed by atoms with Crippen LogP contribution in [-0.4, -0.2) is 63.8 Å². The van der Waals surface area contributed by atoms with Crippen LogP contribution in [0.25, 0.3) is 0 Å². The summed E-state index contributed by atoms with van der Waals surface area (Å²) in [5, 5.41) is 3.03. The number of nitrogens with one attached hydrogen (secondary N) is 1. The van der Waals surface area contributed by atoms with E-state index in [0.29, 0.717) is 45.5 Å². The van der Waals surface area contributed by atoms with Gasteiger partial charge < -0.3 is 24.3 Å². The number of nitrogens with zero attached hydrogens (tertiary/aromatic N) is 2. The number of anilines is 1. The van der Waals surface area contributed by atoms with E-state index >= 15 is 0 Å². The molecule has 0 saturated carbocycles. The standard InChI is InChI=1S/C14H25N3O4/c1-4-12-13(15-2)16-11-17-14(12)21-10-9-20-8-7-19-6-5-18-3/h11H,4-10H2,1-3H3,(H,15,16,17). The topological polar surface area (TPSA) is 74.7 Å². The molecule has 0 aliphatic heterocycles. The molecule has 0 aliphatic carbocycles. The highest BCUT2D eigenvalue weighted by Crippen LogP contribution is 2.21. The van der Waals surface area contributed by atoms with E-state index in [1.54, 1.807) is 7.11 Å². The molecule has 7 heteroatoms. The van der Waals surface area contributed by atoms with Gasteiger partial charge in [0.2, 0.25) is 5.88 Å². The molecule has 0 saturated heterocycles. The van der Waals surface area contributed by atoms with Crippen LogP contribution in [0, 0.1) is 0 Å². The van der Waals surface area contributed by atoms with Crippen molar-refractivity contribution in [1.82, 2.24) is 9.97 Å². The van der Waals surface area contributed by atoms with Crippen LogP contribution >= 0.6 is 0 Å². The second-order valence-electron chi connectivity index (χ2n) is 4.18. The maximum Gasteiger partial charge on any atom is 0.221 e. The Hall–Kier alpha value is -1.44. The average molecular weight is 299 g/mol. The minimum atomic E-state index is 0.450. The number of methoxy groups -OCH3 is 1. The van der Waals surface area contributed by atoms with Crippen molar-refractivity contribution in [3.63, 3.8) is 0 Å². The lowest BCUT2D eigenvalue weighted by atomic mass is 10.2. The molecule has 0 amide bonds. The highest BCUT2D eigenvalue weighted by Gasteiger charge is 2.09. The van der Waals surface area contributed by atoms with Crippen molar-refractivity contribution in [1.29, 1.82) is 0 Å². The first-order valence-corrected chi connectivity index (χ1v) is 7.12. The SMILES string of the molecule is CCc1c(NC)ncnc1OCCOCCOCCOC. The minimum Gasteiger partial charge on any atom is -0.475 e. The van der Waals surface area contributed by atoms with Crippen molar-refractivity contribution in [2.75, 3.05) is 59.1 Å². The molecule has 21 heavy (non-hydrogen) atoms. The smallest absolute Gasteiger partial charge is 0.221 e. The molecule has 120 valence electrons. The maximum atomic E-state index is 5.64. The number of ether oxygens (including phenoxy) is 4. The fourth-order valence-electron chi connectivity index (χ4n) is 1.72. The Kier molecular flexibility index (Phi) is 9.43. The van der Waals surface area contributed by atoms with E-state index < -0.39 is 0 Å². The maximum absolute atomic E-state index is 5.64. The Balaban J connectivity index is 2.18. The van der Waals surface area contributed by atoms with E-state index in [1.807, 2.05) is 14.0 Å². The van der Waals surface area contributed by atoms with Gasteiger partial charge >= 0.3 is 0 Å². The Morgan fingerprint density at radius 3 is 2.29 bits per heavy atom. The zero-order chi connectivity index (χ0) is 15.3. The van der Waals surface area contributed by atoms with Crippen LogP contribution in [0.2, 0.25) is 0 Å². The molecular weight excluding hydrogens is 274 g/mol. The molecule has 0 atom stereocenters. The molecule has 1 N–H and O–H groups in total. The number of rotatable bonds is 12. The van der Waals surface area contributed by atoms with Gasteiger partial charge in [-0.2, -0.15) is 0 Å². The van der Waals surface area contributed by atoms with E-state index in [2.05, 4.69) is 15.3 Å². The molecule has 0 aliphatic rings. The molecule has 0 radical (unpaired) electrons. The molecular formula is C14H25N3O4. The largest absolute Gasteiger partial charge is 0.475 e. The van der Waals surface area contributed by atoms with Crippen molar-refractivity contribution in [3.8, 4) is 5.88 Å². The van der Waals surface area contributed by atoms with Crippen LogP contribution < -0.4 is 10.1 Å². The second-order valence-corrected chi connectivity index (χ2v) is 4.18. The quantitative estimate of drug-likeness (QED) is 0.580. The summed E-state index contributed by atoms with van der Waals surface area (Å²) in [4.78, 5) is 8.32. The summed E-state index contributed by atoms with van der Waals surface area (Å²) in [6, 6.07) is 0. The van der Waals surface area contributed by atoms with E-state index in [-0.39, 0.29) is 0 Å². The van der Waals surface area contributed by atoms with Gasteiger partial charge in [-0.15, -0.1) is 0 Å². The van der Waals surface area contributed by atoms with Gasteiger partial charge in [0.1, 0.15) is 18.8 Å². The van der Waals surface area contributed by atoms with Crippen molar-refractivity contribution in [2.24, 2.45) is 0 Å². The average Bonchev–Trinajstić information content (AvgIpc) is 2.52. The van der Waals surface area contributed by atoms with Gasteiger partial charge in [-0.25, -0.2) is 9.97 Å². The molecule has 0 spiro atoms. The zero-order valence-corrected chi connectivity index (χ0v) is 13.1. The Labute approximate surface area is 126 Å². The van der Waals surface area contributed by atoms with Gasteiger partial charge in [0.15, 0.2) is 0 Å². The Bertz CT molecular complexity index is 390. The summed E-state index contributed by atoms with van der Waals surface area (Å²) < 4.78 is 21.2. The highest BCUT2D eigenvalue weighted by molar-refractivity contribution is 5.48. The molecule has 1 rings (SSSR count). The molecule has 1 heterocycles. The Morgan fingerprint density at radius 2 is 1.67 bits per heavy atom. The first-order chi connectivity index (χ1) is 10.3. The first kappa shape index (κ1) is 17.6. The van der Waals surface area contributed by atoms with Gasteiger partial charge in [-0.1, -0.05) is 6.92 Å². The normalized spacial score (nSPS) is 10.6. The van der Waals surface area contributed by atoms with Crippen LogP contribution in [0.1, 0.15) is 12.5 Å². The fraction of sp³-hybridized carbons (Fsp3) is 0.714. The third-order valence-corrected chi connectivity index (χ3v) is 2.77. The lowest BCUT2D eigenvalue weighted by Gasteiger charge is -2.12. The fourth-order valence-corrected chi connectivity index (χ4v) is 1.72. The second kappa shape index (κ2) is 11.2. The van der Waals surface area contributed by atoms with Crippen LogP contribution in [0.3, 0.4) is 0 Å². The zero-order valence-electron chi connectivity index (χ0n) is 13.1. The van der Waals surface area contributed by atoms with Crippen LogP contribution in [-0.2, 0) is 20.6 Å². The third-order valence-electron chi connectivity index (χ3n) is 2.77. The van der Waals surface area contributed by atoms with Crippen molar-refractivity contribution >= 4 is 5.82 Å². The predicted molar refractivity (Wildman–Crippen MR) is 80.0 cm³/mol. The van der Waals surface area contributed by atoms with Gasteiger partial charge in [-0.3, -0.25) is 0 Å². The van der Waals surface area contributed by atoms with Crippen molar-refractivity contribution in [3.05, 3.63) is 11.9 Å². The Morgan fingerprint density at radius 1 is 1.00 bits per heavy atom. The number of aromatic nitrogens is 2. The minimum absolute atomic E-state index is 0.450. The van der Waals surface area contributed by atoms with Crippen molar-refractivity contribution in [2.45, 2.75) is 13.3 Å². The predicted octanol–water partition coefficient (Wildman–Crippen LogP) is 1.14. The van der Waals surface area contributed by atoms with Gasteiger partial charge in [-0.05, 0) is 6.42 Å². The molecule has 1 aromatic rings. The molecule has 0 aromatic carbocycles. The van der Waals surface area contributed by atoms with E-state index in [1.165, 1.54) is 6.33 Å². The summed E-state index contributed by atoms with van der Waals surface area (Å²) in [5.74, 6) is 1.41. The molecule has 0 bridgehead atoms. The van der Waals surface area contributed by atoms with Crippen molar-refractivity contribution < 1.29 is 18.9 Å². The molecule has 7 nitrogen and oxygen atoms in total. The lowest BCUT2D eigenvalue weighted by Crippen LogP contribution is -2.13. The molecule has 1 aromatic heterocycles. The van der Waals surface area contributed by atoms with Crippen LogP contribution in [0.5, 0.6) is 5.88 Å². The van der Waals surface area contributed by atoms with Gasteiger partial charge in [0.25, 0.3) is 0 Å². The monoisotopic (exact) mass is 299 g/mol. The summed E-state index contributed by atoms with van der Waals surface area (Å²) >= 11 is 0. The summed E-state index contributed by atoms with van der Waals surface area (Å²) in [6.07, 6.45) is 2.30. The number of hydrogen-bond acceptors (Lipinski definition) is 7. The summed E-state index contributed by atoms with van der Waals surface area (Å²) in [6.45, 7) is 5.27. The molecule has 0 fully saturated rings. The van der Waals surface area contributed by atoms with E-state index in [4.69, 9.17) is 18.9 Å². The lowest BCUT2D eigenvalue weighted by molar-refractivity contribution is 0.0176. The third kappa shape index (κ3) is 6.70. The van der Waals surface area contributed by atoms with E-state index in [9.17, 15) is 0 Å². The van der Waals surface area contributed by atoms with Gasteiger partial charge in [0, 0.05) is 14.2 Å². The highest BCUT2D eigenvalue weighted by atomic mass is 16.6. The van der Waals surface area contributed by atoms with Gasteiger partial charge in [0.05, 0.1) is 38.6 Å². The summed E-state index contributed by atoms with van der Waals surface area (Å²) in [5.41, 5.74) is 0.975. The summed E-state index contributed by atoms with van der Waals surface area (Å²) in [7, 11) is 3.48. The van der Waals surface area contributed by atoms with Crippen LogP contribution in [0.15, 0.2) is 6.33 Å². The number of hydrogen-bond donors (Lipinski definition) is 1. The van der Waals surface area contributed by atoms with Crippen LogP contribution in [0.4, 0.5) is 5.82 Å². The first-order valence-electron chi connectivity index (χ1n) is 7.12. The molecule has 0 unspecified atom stereocenters.